The van der Waals surface area contributed by atoms with E-state index in [1.54, 1.807) is 6.20 Å². The quantitative estimate of drug-likeness (QED) is 0.614. The molecule has 0 atom stereocenters. The maximum absolute atomic E-state index is 12.5. The van der Waals surface area contributed by atoms with Gasteiger partial charge in [-0.1, -0.05) is 0 Å². The van der Waals surface area contributed by atoms with Gasteiger partial charge in [-0.3, -0.25) is 4.79 Å². The van der Waals surface area contributed by atoms with E-state index in [4.69, 9.17) is 0 Å². The van der Waals surface area contributed by atoms with Crippen LogP contribution in [-0.4, -0.2) is 39.5 Å². The highest BCUT2D eigenvalue weighted by Gasteiger charge is 2.25. The lowest BCUT2D eigenvalue weighted by molar-refractivity contribution is -0.131. The third-order valence-electron chi connectivity index (χ3n) is 4.84. The Balaban J connectivity index is 1.69. The fourth-order valence-corrected chi connectivity index (χ4v) is 3.99. The highest BCUT2D eigenvalue weighted by atomic mass is 32.1. The molecule has 0 aliphatic carbocycles. The maximum atomic E-state index is 12.5. The van der Waals surface area contributed by atoms with E-state index in [0.717, 1.165) is 15.9 Å². The zero-order valence-electron chi connectivity index (χ0n) is 17.2. The number of likely N-dealkylation sites (N-methyl/N-ethyl adjacent to an activating group) is 1. The molecule has 154 valence electrons. The van der Waals surface area contributed by atoms with E-state index in [2.05, 4.69) is 15.6 Å². The van der Waals surface area contributed by atoms with Crippen molar-refractivity contribution in [2.45, 2.75) is 39.8 Å². The second-order valence-corrected chi connectivity index (χ2v) is 8.22. The summed E-state index contributed by atoms with van der Waals surface area (Å²) in [5.41, 5.74) is 1.09. The Kier molecular flexibility index (Phi) is 6.22. The topological polar surface area (TPSA) is 79.3 Å². The average Bonchev–Trinajstić information content (AvgIpc) is 3.33. The van der Waals surface area contributed by atoms with Crippen LogP contribution >= 0.6 is 11.3 Å². The van der Waals surface area contributed by atoms with Gasteiger partial charge in [0.15, 0.2) is 0 Å². The van der Waals surface area contributed by atoms with Crippen molar-refractivity contribution in [3.63, 3.8) is 0 Å². The summed E-state index contributed by atoms with van der Waals surface area (Å²) in [4.78, 5) is 30.9. The molecular weight excluding hydrogens is 386 g/mol. The molecule has 2 aromatic heterocycles. The Morgan fingerprint density at radius 1 is 1.21 bits per heavy atom. The number of nitrogens with one attached hydrogen (secondary N) is 2. The molecule has 7 nitrogen and oxygen atoms in total. The van der Waals surface area contributed by atoms with Crippen LogP contribution in [0.3, 0.4) is 0 Å². The zero-order valence-corrected chi connectivity index (χ0v) is 18.0. The van der Waals surface area contributed by atoms with E-state index in [0.29, 0.717) is 25.3 Å². The van der Waals surface area contributed by atoms with Crippen molar-refractivity contribution in [3.8, 4) is 0 Å². The largest absolute Gasteiger partial charge is 0.342 e. The van der Waals surface area contributed by atoms with Gasteiger partial charge in [0, 0.05) is 47.5 Å². The summed E-state index contributed by atoms with van der Waals surface area (Å²) < 4.78 is 1.94. The Morgan fingerprint density at radius 3 is 2.62 bits per heavy atom. The first-order valence-corrected chi connectivity index (χ1v) is 10.6. The number of thiazole rings is 1. The molecule has 0 saturated carbocycles. The molecular formula is C21H27N5O2S. The van der Waals surface area contributed by atoms with Crippen LogP contribution in [0.5, 0.6) is 0 Å². The number of fused-ring (bicyclic) bond motifs is 1. The molecule has 29 heavy (non-hydrogen) atoms. The van der Waals surface area contributed by atoms with Gasteiger partial charge >= 0.3 is 6.03 Å². The number of rotatable bonds is 7. The molecule has 2 heterocycles. The van der Waals surface area contributed by atoms with Crippen molar-refractivity contribution in [3.05, 3.63) is 47.0 Å². The minimum absolute atomic E-state index is 0.0958. The van der Waals surface area contributed by atoms with E-state index in [1.807, 2.05) is 73.0 Å². The number of carbonyl (C=O) groups excluding carboxylic acids is 2. The van der Waals surface area contributed by atoms with Gasteiger partial charge in [-0.05, 0) is 52.0 Å². The molecule has 0 fully saturated rings. The van der Waals surface area contributed by atoms with Gasteiger partial charge in [0.25, 0.3) is 0 Å². The molecule has 0 aliphatic rings. The van der Waals surface area contributed by atoms with Crippen LogP contribution in [-0.2, 0) is 16.9 Å². The van der Waals surface area contributed by atoms with Crippen LogP contribution in [0.2, 0.25) is 0 Å². The van der Waals surface area contributed by atoms with Crippen LogP contribution in [0.1, 0.15) is 32.7 Å². The van der Waals surface area contributed by atoms with Crippen molar-refractivity contribution in [1.82, 2.24) is 19.8 Å². The summed E-state index contributed by atoms with van der Waals surface area (Å²) in [6.45, 7) is 9.51. The number of urea groups is 1. The highest BCUT2D eigenvalue weighted by molar-refractivity contribution is 7.09. The smallest absolute Gasteiger partial charge is 0.319 e. The Labute approximate surface area is 174 Å². The van der Waals surface area contributed by atoms with Crippen molar-refractivity contribution in [2.24, 2.45) is 0 Å². The Morgan fingerprint density at radius 2 is 1.97 bits per heavy atom. The summed E-state index contributed by atoms with van der Waals surface area (Å²) in [5, 5.41) is 9.54. The summed E-state index contributed by atoms with van der Waals surface area (Å²) >= 11 is 1.51. The molecule has 3 rings (SSSR count). The number of benzene rings is 1. The van der Waals surface area contributed by atoms with E-state index in [9.17, 15) is 9.59 Å². The lowest BCUT2D eigenvalue weighted by atomic mass is 10.1. The molecule has 1 aromatic carbocycles. The highest BCUT2D eigenvalue weighted by Crippen LogP contribution is 2.23. The third-order valence-corrected chi connectivity index (χ3v) is 5.94. The van der Waals surface area contributed by atoms with Crippen molar-refractivity contribution in [1.29, 1.82) is 0 Å². The average molecular weight is 414 g/mol. The SMILES string of the molecule is CCN(CC)C(=O)Cn1ccc2cc(NC(=O)NC(C)(C)c3nccs3)ccc21. The maximum Gasteiger partial charge on any atom is 0.319 e. The fraction of sp³-hybridized carbons (Fsp3) is 0.381. The van der Waals surface area contributed by atoms with Crippen molar-refractivity contribution >= 4 is 39.9 Å². The molecule has 3 aromatic rings. The van der Waals surface area contributed by atoms with E-state index in [1.165, 1.54) is 11.3 Å². The first-order valence-electron chi connectivity index (χ1n) is 9.70. The summed E-state index contributed by atoms with van der Waals surface area (Å²) in [7, 11) is 0. The van der Waals surface area contributed by atoms with Gasteiger partial charge in [0.2, 0.25) is 5.91 Å². The predicted octanol–water partition coefficient (Wildman–Crippen LogP) is 4.02. The van der Waals surface area contributed by atoms with Crippen LogP contribution < -0.4 is 10.6 Å². The van der Waals surface area contributed by atoms with Gasteiger partial charge in [-0.2, -0.15) is 0 Å². The van der Waals surface area contributed by atoms with Crippen LogP contribution in [0.15, 0.2) is 42.0 Å². The van der Waals surface area contributed by atoms with E-state index in [-0.39, 0.29) is 11.9 Å². The molecule has 0 radical (unpaired) electrons. The number of amides is 3. The van der Waals surface area contributed by atoms with Crippen LogP contribution in [0, 0.1) is 0 Å². The second-order valence-electron chi connectivity index (χ2n) is 7.32. The summed E-state index contributed by atoms with van der Waals surface area (Å²) in [6.07, 6.45) is 3.63. The van der Waals surface area contributed by atoms with Gasteiger partial charge in [0.1, 0.15) is 11.6 Å². The molecule has 0 saturated heterocycles. The molecule has 0 aliphatic heterocycles. The molecule has 0 spiro atoms. The Hall–Kier alpha value is -2.87. The first kappa shape index (κ1) is 20.9. The van der Waals surface area contributed by atoms with Crippen LogP contribution in [0.25, 0.3) is 10.9 Å². The van der Waals surface area contributed by atoms with Gasteiger partial charge in [-0.15, -0.1) is 11.3 Å². The molecule has 0 bridgehead atoms. The second kappa shape index (κ2) is 8.65. The number of anilines is 1. The van der Waals surface area contributed by atoms with Gasteiger partial charge in [-0.25, -0.2) is 9.78 Å². The van der Waals surface area contributed by atoms with Crippen LogP contribution in [0.4, 0.5) is 10.5 Å². The lowest BCUT2D eigenvalue weighted by Gasteiger charge is -2.24. The lowest BCUT2D eigenvalue weighted by Crippen LogP contribution is -2.43. The molecule has 0 unspecified atom stereocenters. The molecule has 3 amide bonds. The number of hydrogen-bond acceptors (Lipinski definition) is 4. The number of nitrogens with zero attached hydrogens (tertiary/aromatic N) is 3. The number of carbonyl (C=O) groups is 2. The molecule has 8 heteroatoms. The molecule has 2 N–H and O–H groups in total. The number of aromatic nitrogens is 2. The monoisotopic (exact) mass is 413 g/mol. The van der Waals surface area contributed by atoms with Gasteiger partial charge in [0.05, 0.1) is 5.54 Å². The third kappa shape index (κ3) is 4.76. The summed E-state index contributed by atoms with van der Waals surface area (Å²) in [5.74, 6) is 0.0958. The normalized spacial score (nSPS) is 11.4. The minimum atomic E-state index is -0.559. The fourth-order valence-electron chi connectivity index (χ4n) is 3.27. The van der Waals surface area contributed by atoms with E-state index >= 15 is 0 Å². The van der Waals surface area contributed by atoms with Crippen molar-refractivity contribution in [2.75, 3.05) is 18.4 Å². The predicted molar refractivity (Wildman–Crippen MR) is 117 cm³/mol. The van der Waals surface area contributed by atoms with Crippen molar-refractivity contribution < 1.29 is 9.59 Å². The summed E-state index contributed by atoms with van der Waals surface area (Å²) in [6, 6.07) is 7.33. The Bertz CT molecular complexity index is 990. The zero-order chi connectivity index (χ0) is 21.0. The number of hydrogen-bond donors (Lipinski definition) is 2. The van der Waals surface area contributed by atoms with E-state index < -0.39 is 5.54 Å². The first-order chi connectivity index (χ1) is 13.8. The standard InChI is InChI=1S/C21H27N5O2S/c1-5-25(6-2)18(27)14-26-11-9-15-13-16(7-8-17(15)26)23-20(28)24-21(3,4)19-22-10-12-29-19/h7-13H,5-6,14H2,1-4H3,(H2,23,24,28). The minimum Gasteiger partial charge on any atom is -0.342 e. The van der Waals surface area contributed by atoms with Gasteiger partial charge < -0.3 is 20.1 Å².